The van der Waals surface area contributed by atoms with Gasteiger partial charge in [-0.15, -0.1) is 0 Å². The van der Waals surface area contributed by atoms with Crippen molar-refractivity contribution in [2.24, 2.45) is 11.1 Å². The van der Waals surface area contributed by atoms with Crippen LogP contribution in [0.4, 0.5) is 4.39 Å². The van der Waals surface area contributed by atoms with Gasteiger partial charge in [0.05, 0.1) is 5.41 Å². The summed E-state index contributed by atoms with van der Waals surface area (Å²) in [7, 11) is 0. The molecule has 0 bridgehead atoms. The van der Waals surface area contributed by atoms with Crippen molar-refractivity contribution >= 4 is 12.0 Å². The first-order valence-corrected chi connectivity index (χ1v) is 5.46. The van der Waals surface area contributed by atoms with Gasteiger partial charge >= 0.3 is 5.97 Å². The molecular formula is C13H14FNO2. The second kappa shape index (κ2) is 4.30. The van der Waals surface area contributed by atoms with E-state index in [1.807, 2.05) is 0 Å². The van der Waals surface area contributed by atoms with Gasteiger partial charge in [-0.05, 0) is 30.5 Å². The van der Waals surface area contributed by atoms with E-state index in [-0.39, 0.29) is 11.9 Å². The summed E-state index contributed by atoms with van der Waals surface area (Å²) in [5.74, 6) is -1.15. The van der Waals surface area contributed by atoms with Crippen LogP contribution in [0.2, 0.25) is 0 Å². The molecular weight excluding hydrogens is 221 g/mol. The average molecular weight is 235 g/mol. The van der Waals surface area contributed by atoms with Crippen LogP contribution in [-0.2, 0) is 4.79 Å². The molecule has 0 spiro atoms. The molecule has 0 unspecified atom stereocenters. The van der Waals surface area contributed by atoms with Crippen LogP contribution in [0.25, 0.3) is 6.08 Å². The van der Waals surface area contributed by atoms with Gasteiger partial charge in [-0.3, -0.25) is 4.79 Å². The Hall–Kier alpha value is -1.68. The third kappa shape index (κ3) is 2.36. The SMILES string of the molecule is NC1CC(/C=C/c2ccc(F)cc2)(C(=O)O)C1. The third-order valence-corrected chi connectivity index (χ3v) is 3.14. The summed E-state index contributed by atoms with van der Waals surface area (Å²) in [6.45, 7) is 0. The van der Waals surface area contributed by atoms with Crippen LogP contribution in [0.5, 0.6) is 0 Å². The summed E-state index contributed by atoms with van der Waals surface area (Å²) >= 11 is 0. The molecule has 1 aliphatic carbocycles. The molecule has 0 radical (unpaired) electrons. The van der Waals surface area contributed by atoms with Gasteiger partial charge in [0.2, 0.25) is 0 Å². The fourth-order valence-corrected chi connectivity index (χ4v) is 2.09. The minimum absolute atomic E-state index is 0.0380. The molecule has 17 heavy (non-hydrogen) atoms. The first-order valence-electron chi connectivity index (χ1n) is 5.46. The van der Waals surface area contributed by atoms with Crippen LogP contribution < -0.4 is 5.73 Å². The maximum Gasteiger partial charge on any atom is 0.313 e. The van der Waals surface area contributed by atoms with Crippen LogP contribution in [-0.4, -0.2) is 17.1 Å². The molecule has 1 aromatic rings. The maximum absolute atomic E-state index is 12.7. The first kappa shape index (κ1) is 11.8. The van der Waals surface area contributed by atoms with Crippen molar-refractivity contribution in [1.29, 1.82) is 0 Å². The minimum Gasteiger partial charge on any atom is -0.481 e. The molecule has 90 valence electrons. The second-order valence-electron chi connectivity index (χ2n) is 4.51. The maximum atomic E-state index is 12.7. The summed E-state index contributed by atoms with van der Waals surface area (Å²) in [5, 5.41) is 9.16. The Kier molecular flexibility index (Phi) is 2.98. The van der Waals surface area contributed by atoms with Gasteiger partial charge < -0.3 is 10.8 Å². The second-order valence-corrected chi connectivity index (χ2v) is 4.51. The fraction of sp³-hybridized carbons (Fsp3) is 0.308. The monoisotopic (exact) mass is 235 g/mol. The molecule has 0 aliphatic heterocycles. The highest BCUT2D eigenvalue weighted by Gasteiger charge is 2.46. The number of carboxylic acids is 1. The predicted molar refractivity (Wildman–Crippen MR) is 62.7 cm³/mol. The smallest absolute Gasteiger partial charge is 0.313 e. The summed E-state index contributed by atoms with van der Waals surface area (Å²) in [6.07, 6.45) is 4.28. The molecule has 0 heterocycles. The Bertz CT molecular complexity index is 447. The molecule has 0 aromatic heterocycles. The summed E-state index contributed by atoms with van der Waals surface area (Å²) < 4.78 is 12.7. The highest BCUT2D eigenvalue weighted by Crippen LogP contribution is 2.42. The topological polar surface area (TPSA) is 63.3 Å². The van der Waals surface area contributed by atoms with E-state index in [9.17, 15) is 9.18 Å². The zero-order chi connectivity index (χ0) is 12.5. The van der Waals surface area contributed by atoms with Gasteiger partial charge in [0, 0.05) is 6.04 Å². The van der Waals surface area contributed by atoms with Crippen LogP contribution in [0, 0.1) is 11.2 Å². The Morgan fingerprint density at radius 2 is 2.00 bits per heavy atom. The van der Waals surface area contributed by atoms with Gasteiger partial charge in [0.25, 0.3) is 0 Å². The van der Waals surface area contributed by atoms with Gasteiger partial charge in [-0.2, -0.15) is 0 Å². The lowest BCUT2D eigenvalue weighted by molar-refractivity contribution is -0.151. The number of carbonyl (C=O) groups is 1. The molecule has 1 aromatic carbocycles. The van der Waals surface area contributed by atoms with Crippen molar-refractivity contribution in [3.05, 3.63) is 41.7 Å². The zero-order valence-electron chi connectivity index (χ0n) is 9.27. The van der Waals surface area contributed by atoms with E-state index in [1.165, 1.54) is 12.1 Å². The van der Waals surface area contributed by atoms with Crippen molar-refractivity contribution in [3.63, 3.8) is 0 Å². The van der Waals surface area contributed by atoms with Gasteiger partial charge in [-0.1, -0.05) is 24.3 Å². The molecule has 1 saturated carbocycles. The Morgan fingerprint density at radius 1 is 1.41 bits per heavy atom. The van der Waals surface area contributed by atoms with E-state index in [0.29, 0.717) is 12.8 Å². The summed E-state index contributed by atoms with van der Waals surface area (Å²) in [4.78, 5) is 11.2. The molecule has 0 saturated heterocycles. The largest absolute Gasteiger partial charge is 0.481 e. The molecule has 3 N–H and O–H groups in total. The number of rotatable bonds is 3. The zero-order valence-corrected chi connectivity index (χ0v) is 9.27. The Morgan fingerprint density at radius 3 is 2.47 bits per heavy atom. The third-order valence-electron chi connectivity index (χ3n) is 3.14. The standard InChI is InChI=1S/C13H14FNO2/c14-10-3-1-9(2-4-10)5-6-13(12(16)17)7-11(15)8-13/h1-6,11H,7-8,15H2,(H,16,17)/b6-5+. The molecule has 1 fully saturated rings. The average Bonchev–Trinajstić information content (AvgIpc) is 2.24. The van der Waals surface area contributed by atoms with Crippen molar-refractivity contribution < 1.29 is 14.3 Å². The first-order chi connectivity index (χ1) is 8.02. The fourth-order valence-electron chi connectivity index (χ4n) is 2.09. The lowest BCUT2D eigenvalue weighted by atomic mass is 9.65. The number of nitrogens with two attached hydrogens (primary N) is 1. The highest BCUT2D eigenvalue weighted by atomic mass is 19.1. The van der Waals surface area contributed by atoms with Crippen LogP contribution in [0.1, 0.15) is 18.4 Å². The van der Waals surface area contributed by atoms with Crippen molar-refractivity contribution in [1.82, 2.24) is 0 Å². The predicted octanol–water partition coefficient (Wildman–Crippen LogP) is 2.03. The van der Waals surface area contributed by atoms with E-state index in [0.717, 1.165) is 5.56 Å². The molecule has 0 atom stereocenters. The lowest BCUT2D eigenvalue weighted by Crippen LogP contribution is -2.49. The van der Waals surface area contributed by atoms with Gasteiger partial charge in [0.15, 0.2) is 0 Å². The summed E-state index contributed by atoms with van der Waals surface area (Å²) in [6, 6.07) is 5.88. The normalized spacial score (nSPS) is 28.0. The van der Waals surface area contributed by atoms with Gasteiger partial charge in [-0.25, -0.2) is 4.39 Å². The Labute approximate surface area is 98.8 Å². The van der Waals surface area contributed by atoms with E-state index in [1.54, 1.807) is 24.3 Å². The number of carboxylic acid groups (broad SMARTS) is 1. The van der Waals surface area contributed by atoms with Crippen LogP contribution in [0.15, 0.2) is 30.3 Å². The summed E-state index contributed by atoms with van der Waals surface area (Å²) in [5.41, 5.74) is 5.58. The van der Waals surface area contributed by atoms with Crippen molar-refractivity contribution in [2.45, 2.75) is 18.9 Å². The number of aliphatic carboxylic acids is 1. The number of benzene rings is 1. The number of halogens is 1. The highest BCUT2D eigenvalue weighted by molar-refractivity contribution is 5.80. The molecule has 3 nitrogen and oxygen atoms in total. The van der Waals surface area contributed by atoms with Crippen molar-refractivity contribution in [2.75, 3.05) is 0 Å². The quantitative estimate of drug-likeness (QED) is 0.842. The number of hydrogen-bond donors (Lipinski definition) is 2. The van der Waals surface area contributed by atoms with E-state index < -0.39 is 11.4 Å². The Balaban J connectivity index is 2.14. The van der Waals surface area contributed by atoms with Gasteiger partial charge in [0.1, 0.15) is 5.82 Å². The molecule has 1 aliphatic rings. The van der Waals surface area contributed by atoms with Crippen LogP contribution in [0.3, 0.4) is 0 Å². The molecule has 4 heteroatoms. The van der Waals surface area contributed by atoms with Crippen molar-refractivity contribution in [3.8, 4) is 0 Å². The molecule has 0 amide bonds. The molecule has 2 rings (SSSR count). The number of hydrogen-bond acceptors (Lipinski definition) is 2. The minimum atomic E-state index is -0.849. The lowest BCUT2D eigenvalue weighted by Gasteiger charge is -2.40. The van der Waals surface area contributed by atoms with E-state index in [4.69, 9.17) is 10.8 Å². The van der Waals surface area contributed by atoms with Crippen LogP contribution >= 0.6 is 0 Å². The van der Waals surface area contributed by atoms with E-state index in [2.05, 4.69) is 0 Å². The van der Waals surface area contributed by atoms with E-state index >= 15 is 0 Å².